The molecule has 0 saturated carbocycles. The van der Waals surface area contributed by atoms with E-state index in [0.717, 1.165) is 0 Å². The van der Waals surface area contributed by atoms with Gasteiger partial charge in [-0.1, -0.05) is 47.5 Å². The maximum Gasteiger partial charge on any atom is 0.306 e. The molecule has 1 fully saturated rings. The molecule has 0 aromatic heterocycles. The van der Waals surface area contributed by atoms with Crippen molar-refractivity contribution >= 4 is 44.9 Å². The molecule has 10 heteroatoms. The topological polar surface area (TPSA) is 101 Å². The van der Waals surface area contributed by atoms with E-state index in [2.05, 4.69) is 0 Å². The van der Waals surface area contributed by atoms with Gasteiger partial charge in [0.05, 0.1) is 23.0 Å². The average Bonchev–Trinajstić information content (AvgIpc) is 2.78. The molecule has 37 heavy (non-hydrogen) atoms. The van der Waals surface area contributed by atoms with E-state index in [1.54, 1.807) is 75.1 Å². The van der Waals surface area contributed by atoms with E-state index >= 15 is 0 Å². The van der Waals surface area contributed by atoms with Gasteiger partial charge >= 0.3 is 5.97 Å². The summed E-state index contributed by atoms with van der Waals surface area (Å²) in [5.74, 6) is -1.84. The SMILES string of the molecule is C[C@@H](CCS(=O)(=O)C(C)(C)C)N1C(=O)[C@](C)(CC(=O)O)O[C@H](c2cccc(Cl)c2)[C@H]1c1ccc(Cl)cc1. The van der Waals surface area contributed by atoms with Crippen molar-refractivity contribution < 1.29 is 27.9 Å². The van der Waals surface area contributed by atoms with Gasteiger partial charge in [0.25, 0.3) is 5.91 Å². The fourth-order valence-corrected chi connectivity index (χ4v) is 6.11. The molecular formula is C27H33Cl2NO6S. The lowest BCUT2D eigenvalue weighted by atomic mass is 9.86. The highest BCUT2D eigenvalue weighted by Crippen LogP contribution is 2.47. The van der Waals surface area contributed by atoms with Crippen LogP contribution < -0.4 is 0 Å². The molecule has 3 rings (SSSR count). The Labute approximate surface area is 228 Å². The number of sulfone groups is 1. The highest BCUT2D eigenvalue weighted by Gasteiger charge is 2.53. The van der Waals surface area contributed by atoms with Crippen molar-refractivity contribution in [3.05, 3.63) is 69.7 Å². The summed E-state index contributed by atoms with van der Waals surface area (Å²) in [6.45, 7) is 8.17. The fraction of sp³-hybridized carbons (Fsp3) is 0.481. The monoisotopic (exact) mass is 569 g/mol. The van der Waals surface area contributed by atoms with Gasteiger partial charge in [0, 0.05) is 16.1 Å². The normalized spacial score (nSPS) is 23.6. The van der Waals surface area contributed by atoms with E-state index in [1.165, 1.54) is 6.92 Å². The van der Waals surface area contributed by atoms with Gasteiger partial charge in [-0.15, -0.1) is 0 Å². The minimum atomic E-state index is -3.45. The summed E-state index contributed by atoms with van der Waals surface area (Å²) in [6, 6.07) is 12.7. The maximum atomic E-state index is 14.0. The Morgan fingerprint density at radius 1 is 1.11 bits per heavy atom. The lowest BCUT2D eigenvalue weighted by molar-refractivity contribution is -0.206. The first-order valence-corrected chi connectivity index (χ1v) is 14.4. The van der Waals surface area contributed by atoms with E-state index in [0.29, 0.717) is 21.2 Å². The fourth-order valence-electron chi connectivity index (χ4n) is 4.52. The summed E-state index contributed by atoms with van der Waals surface area (Å²) in [5.41, 5.74) is -0.305. The molecular weight excluding hydrogens is 537 g/mol. The molecule has 1 amide bonds. The minimum Gasteiger partial charge on any atom is -0.481 e. The number of morpholine rings is 1. The third-order valence-electron chi connectivity index (χ3n) is 6.75. The van der Waals surface area contributed by atoms with E-state index in [9.17, 15) is 23.1 Å². The Balaban J connectivity index is 2.16. The van der Waals surface area contributed by atoms with Crippen molar-refractivity contribution in [2.75, 3.05) is 5.75 Å². The average molecular weight is 571 g/mol. The number of nitrogens with zero attached hydrogens (tertiary/aromatic N) is 1. The molecule has 1 aliphatic rings. The summed E-state index contributed by atoms with van der Waals surface area (Å²) in [5, 5.41) is 10.6. The highest BCUT2D eigenvalue weighted by atomic mass is 35.5. The highest BCUT2D eigenvalue weighted by molar-refractivity contribution is 7.92. The van der Waals surface area contributed by atoms with Crippen molar-refractivity contribution in [1.82, 2.24) is 4.90 Å². The largest absolute Gasteiger partial charge is 0.481 e. The van der Waals surface area contributed by atoms with Gasteiger partial charge in [-0.3, -0.25) is 9.59 Å². The summed E-state index contributed by atoms with van der Waals surface area (Å²) in [7, 11) is -3.45. The lowest BCUT2D eigenvalue weighted by Crippen LogP contribution is -2.60. The predicted octanol–water partition coefficient (Wildman–Crippen LogP) is 5.86. The summed E-state index contributed by atoms with van der Waals surface area (Å²) < 4.78 is 31.1. The Morgan fingerprint density at radius 3 is 2.27 bits per heavy atom. The standard InChI is InChI=1S/C27H33Cl2NO6S/c1-17(13-14-37(34,35)26(2,3)4)30-23(18-9-11-20(28)12-10-18)24(19-7-6-8-21(29)15-19)36-27(5,25(30)33)16-22(31)32/h6-12,15,17,23-24H,13-14,16H2,1-5H3,(H,31,32)/t17-,23+,24+,27-/m0/s1. The number of carbonyl (C=O) groups excluding carboxylic acids is 1. The van der Waals surface area contributed by atoms with Crippen molar-refractivity contribution in [3.8, 4) is 0 Å². The molecule has 0 spiro atoms. The molecule has 7 nitrogen and oxygen atoms in total. The van der Waals surface area contributed by atoms with Crippen molar-refractivity contribution in [3.63, 3.8) is 0 Å². The van der Waals surface area contributed by atoms with Crippen LogP contribution in [-0.4, -0.2) is 52.4 Å². The molecule has 0 bridgehead atoms. The number of carbonyl (C=O) groups is 2. The first-order valence-electron chi connectivity index (χ1n) is 12.0. The molecule has 1 heterocycles. The number of amides is 1. The van der Waals surface area contributed by atoms with E-state index in [1.807, 2.05) is 6.07 Å². The maximum absolute atomic E-state index is 14.0. The number of hydrogen-bond acceptors (Lipinski definition) is 5. The summed E-state index contributed by atoms with van der Waals surface area (Å²) in [6.07, 6.45) is -1.16. The van der Waals surface area contributed by atoms with E-state index in [4.69, 9.17) is 27.9 Å². The molecule has 1 aliphatic heterocycles. The molecule has 1 N–H and O–H groups in total. The molecule has 4 atom stereocenters. The Hall–Kier alpha value is -2.13. The van der Waals surface area contributed by atoms with Gasteiger partial charge in [0.15, 0.2) is 15.4 Å². The first-order chi connectivity index (χ1) is 17.1. The number of aliphatic carboxylic acids is 1. The number of ether oxygens (including phenoxy) is 1. The lowest BCUT2D eigenvalue weighted by Gasteiger charge is -2.51. The van der Waals surface area contributed by atoms with Crippen LogP contribution in [0.1, 0.15) is 70.7 Å². The quantitative estimate of drug-likeness (QED) is 0.427. The molecule has 0 unspecified atom stereocenters. The minimum absolute atomic E-state index is 0.132. The molecule has 0 radical (unpaired) electrons. The van der Waals surface area contributed by atoms with Gasteiger partial charge in [-0.2, -0.15) is 0 Å². The Kier molecular flexibility index (Phi) is 8.69. The van der Waals surface area contributed by atoms with Crippen molar-refractivity contribution in [2.45, 2.75) is 76.0 Å². The molecule has 0 aliphatic carbocycles. The summed E-state index contributed by atoms with van der Waals surface area (Å²) in [4.78, 5) is 27.3. The van der Waals surface area contributed by atoms with Crippen molar-refractivity contribution in [2.24, 2.45) is 0 Å². The smallest absolute Gasteiger partial charge is 0.306 e. The van der Waals surface area contributed by atoms with Crippen LogP contribution in [0.15, 0.2) is 48.5 Å². The predicted molar refractivity (Wildman–Crippen MR) is 145 cm³/mol. The zero-order valence-electron chi connectivity index (χ0n) is 21.6. The second kappa shape index (κ2) is 10.9. The Bertz CT molecular complexity index is 1260. The number of carboxylic acid groups (broad SMARTS) is 1. The zero-order valence-corrected chi connectivity index (χ0v) is 23.9. The molecule has 2 aromatic rings. The zero-order chi connectivity index (χ0) is 27.8. The van der Waals surface area contributed by atoms with Crippen LogP contribution in [0.3, 0.4) is 0 Å². The van der Waals surface area contributed by atoms with Gasteiger partial charge in [0.1, 0.15) is 6.10 Å². The van der Waals surface area contributed by atoms with Gasteiger partial charge in [0.2, 0.25) is 0 Å². The van der Waals surface area contributed by atoms with Gasteiger partial charge in [-0.25, -0.2) is 8.42 Å². The first kappa shape index (κ1) is 29.4. The summed E-state index contributed by atoms with van der Waals surface area (Å²) >= 11 is 12.4. The van der Waals surface area contributed by atoms with Crippen LogP contribution in [0.2, 0.25) is 10.0 Å². The molecule has 2 aromatic carbocycles. The number of carboxylic acids is 1. The van der Waals surface area contributed by atoms with Gasteiger partial charge < -0.3 is 14.7 Å². The third kappa shape index (κ3) is 6.48. The third-order valence-corrected chi connectivity index (χ3v) is 9.88. The Morgan fingerprint density at radius 2 is 1.73 bits per heavy atom. The van der Waals surface area contributed by atoms with E-state index < -0.39 is 56.7 Å². The second-order valence-corrected chi connectivity index (χ2v) is 14.4. The number of rotatable bonds is 8. The second-order valence-electron chi connectivity index (χ2n) is 10.7. The van der Waals surface area contributed by atoms with Crippen LogP contribution >= 0.6 is 23.2 Å². The van der Waals surface area contributed by atoms with Crippen LogP contribution in [0.5, 0.6) is 0 Å². The number of halogens is 2. The van der Waals surface area contributed by atoms with Crippen LogP contribution in [0.25, 0.3) is 0 Å². The molecule has 202 valence electrons. The van der Waals surface area contributed by atoms with Crippen molar-refractivity contribution in [1.29, 1.82) is 0 Å². The number of benzene rings is 2. The van der Waals surface area contributed by atoms with E-state index in [-0.39, 0.29) is 12.2 Å². The van der Waals surface area contributed by atoms with Crippen LogP contribution in [0.4, 0.5) is 0 Å². The molecule has 1 saturated heterocycles. The van der Waals surface area contributed by atoms with Crippen LogP contribution in [-0.2, 0) is 24.2 Å². The van der Waals surface area contributed by atoms with Crippen LogP contribution in [0, 0.1) is 0 Å². The number of hydrogen-bond donors (Lipinski definition) is 1. The van der Waals surface area contributed by atoms with Gasteiger partial charge in [-0.05, 0) is 76.4 Å².